The van der Waals surface area contributed by atoms with E-state index < -0.39 is 0 Å². The van der Waals surface area contributed by atoms with Crippen LogP contribution in [-0.4, -0.2) is 27.3 Å². The van der Waals surface area contributed by atoms with Gasteiger partial charge in [0.2, 0.25) is 5.89 Å². The van der Waals surface area contributed by atoms with E-state index in [1.165, 1.54) is 27.7 Å². The van der Waals surface area contributed by atoms with Gasteiger partial charge in [0.05, 0.1) is 12.6 Å². The zero-order valence-electron chi connectivity index (χ0n) is 20.5. The molecule has 1 unspecified atom stereocenters. The number of aromatic amines is 1. The number of hydrogen-bond acceptors (Lipinski definition) is 5. The van der Waals surface area contributed by atoms with Crippen molar-refractivity contribution in [3.8, 4) is 0 Å². The van der Waals surface area contributed by atoms with Gasteiger partial charge in [0, 0.05) is 35.1 Å². The summed E-state index contributed by atoms with van der Waals surface area (Å²) >= 11 is 1.77. The van der Waals surface area contributed by atoms with Crippen molar-refractivity contribution in [1.82, 2.24) is 20.2 Å². The van der Waals surface area contributed by atoms with Gasteiger partial charge in [-0.3, -0.25) is 9.69 Å². The topological polar surface area (TPSA) is 74.2 Å². The summed E-state index contributed by atoms with van der Waals surface area (Å²) in [5.41, 5.74) is 5.09. The van der Waals surface area contributed by atoms with Crippen molar-refractivity contribution in [2.45, 2.75) is 39.4 Å². The Morgan fingerprint density at radius 2 is 1.92 bits per heavy atom. The van der Waals surface area contributed by atoms with Crippen LogP contribution in [0, 0.1) is 6.92 Å². The average molecular weight is 499 g/mol. The molecule has 0 bridgehead atoms. The smallest absolute Gasteiger partial charge is 0.273 e. The molecule has 0 radical (unpaired) electrons. The maximum atomic E-state index is 12.8. The lowest BCUT2D eigenvalue weighted by Gasteiger charge is -2.20. The first kappa shape index (κ1) is 24.0. The SMILES string of the molecule is Cc1ccsc1CN(CCc1c[nH]c2ccccc12)Cc1nc(C(=O)NC(C)c2ccccc2)co1. The third kappa shape index (κ3) is 5.58. The highest BCUT2D eigenvalue weighted by molar-refractivity contribution is 7.10. The van der Waals surface area contributed by atoms with E-state index in [0.29, 0.717) is 18.1 Å². The summed E-state index contributed by atoms with van der Waals surface area (Å²) in [6.45, 7) is 6.28. The zero-order chi connectivity index (χ0) is 24.9. The van der Waals surface area contributed by atoms with Gasteiger partial charge < -0.3 is 14.7 Å². The summed E-state index contributed by atoms with van der Waals surface area (Å²) in [7, 11) is 0. The number of nitrogens with one attached hydrogen (secondary N) is 2. The molecule has 5 aromatic rings. The molecule has 0 aliphatic rings. The first-order valence-corrected chi connectivity index (χ1v) is 13.1. The van der Waals surface area contributed by atoms with Crippen LogP contribution >= 0.6 is 11.3 Å². The van der Waals surface area contributed by atoms with E-state index in [1.54, 1.807) is 11.3 Å². The predicted molar refractivity (Wildman–Crippen MR) is 144 cm³/mol. The van der Waals surface area contributed by atoms with Crippen LogP contribution in [0.5, 0.6) is 0 Å². The minimum absolute atomic E-state index is 0.117. The van der Waals surface area contributed by atoms with Crippen molar-refractivity contribution < 1.29 is 9.21 Å². The number of hydrogen-bond donors (Lipinski definition) is 2. The fourth-order valence-electron chi connectivity index (χ4n) is 4.37. The molecule has 0 saturated heterocycles. The van der Waals surface area contributed by atoms with Crippen LogP contribution in [0.25, 0.3) is 10.9 Å². The molecule has 7 heteroatoms. The highest BCUT2D eigenvalue weighted by Gasteiger charge is 2.18. The number of H-pyrrole nitrogens is 1. The van der Waals surface area contributed by atoms with E-state index >= 15 is 0 Å². The van der Waals surface area contributed by atoms with Crippen molar-refractivity contribution in [2.24, 2.45) is 0 Å². The predicted octanol–water partition coefficient (Wildman–Crippen LogP) is 6.26. The third-order valence-electron chi connectivity index (χ3n) is 6.50. The number of nitrogens with zero attached hydrogens (tertiary/aromatic N) is 2. The monoisotopic (exact) mass is 498 g/mol. The van der Waals surface area contributed by atoms with E-state index in [4.69, 9.17) is 4.42 Å². The summed E-state index contributed by atoms with van der Waals surface area (Å²) in [5, 5.41) is 6.39. The highest BCUT2D eigenvalue weighted by atomic mass is 32.1. The second-order valence-electron chi connectivity index (χ2n) is 9.08. The molecule has 0 fully saturated rings. The molecule has 3 aromatic heterocycles. The fourth-order valence-corrected chi connectivity index (χ4v) is 5.32. The number of aryl methyl sites for hydroxylation is 1. The Morgan fingerprint density at radius 3 is 2.72 bits per heavy atom. The number of carbonyl (C=O) groups is 1. The van der Waals surface area contributed by atoms with Gasteiger partial charge in [-0.05, 0) is 54.5 Å². The maximum Gasteiger partial charge on any atom is 0.273 e. The molecule has 0 aliphatic carbocycles. The van der Waals surface area contributed by atoms with Crippen LogP contribution in [-0.2, 0) is 19.5 Å². The van der Waals surface area contributed by atoms with E-state index in [1.807, 2.05) is 43.3 Å². The van der Waals surface area contributed by atoms with Gasteiger partial charge in [-0.1, -0.05) is 48.5 Å². The molecule has 0 aliphatic heterocycles. The first-order chi connectivity index (χ1) is 17.6. The standard InChI is InChI=1S/C29H30N4O2S/c1-20-13-15-36-27(20)17-33(14-12-23-16-30-25-11-7-6-10-24(23)25)18-28-32-26(19-35-28)29(34)31-21(2)22-8-4-3-5-9-22/h3-11,13,15-16,19,21,30H,12,14,17-18H2,1-2H3,(H,31,34). The minimum Gasteiger partial charge on any atom is -0.447 e. The lowest BCUT2D eigenvalue weighted by atomic mass is 10.1. The number of fused-ring (bicyclic) bond motifs is 1. The Balaban J connectivity index is 1.27. The molecule has 36 heavy (non-hydrogen) atoms. The van der Waals surface area contributed by atoms with Crippen molar-refractivity contribution in [2.75, 3.05) is 6.54 Å². The minimum atomic E-state index is -0.235. The Kier molecular flexibility index (Phi) is 7.30. The largest absolute Gasteiger partial charge is 0.447 e. The number of para-hydroxylation sites is 1. The van der Waals surface area contributed by atoms with Gasteiger partial charge in [0.1, 0.15) is 6.26 Å². The van der Waals surface area contributed by atoms with Crippen LogP contribution < -0.4 is 5.32 Å². The second kappa shape index (κ2) is 10.9. The fraction of sp³-hybridized carbons (Fsp3) is 0.241. The van der Waals surface area contributed by atoms with Crippen LogP contribution in [0.3, 0.4) is 0 Å². The van der Waals surface area contributed by atoms with E-state index in [2.05, 4.69) is 63.0 Å². The van der Waals surface area contributed by atoms with Crippen molar-refractivity contribution in [1.29, 1.82) is 0 Å². The molecule has 2 aromatic carbocycles. The van der Waals surface area contributed by atoms with Crippen LogP contribution in [0.2, 0.25) is 0 Å². The number of rotatable bonds is 10. The Hall–Kier alpha value is -3.68. The maximum absolute atomic E-state index is 12.8. The molecule has 5 rings (SSSR count). The molecule has 184 valence electrons. The van der Waals surface area contributed by atoms with E-state index in [0.717, 1.165) is 30.6 Å². The molecule has 2 N–H and O–H groups in total. The van der Waals surface area contributed by atoms with Crippen molar-refractivity contribution >= 4 is 28.1 Å². The van der Waals surface area contributed by atoms with Crippen molar-refractivity contribution in [3.05, 3.63) is 112 Å². The Morgan fingerprint density at radius 1 is 1.11 bits per heavy atom. The summed E-state index contributed by atoms with van der Waals surface area (Å²) in [4.78, 5) is 24.3. The number of thiophene rings is 1. The van der Waals surface area contributed by atoms with Crippen LogP contribution in [0.4, 0.5) is 0 Å². The lowest BCUT2D eigenvalue weighted by molar-refractivity contribution is 0.0934. The molecule has 0 spiro atoms. The molecular weight excluding hydrogens is 468 g/mol. The molecule has 0 saturated carbocycles. The zero-order valence-corrected chi connectivity index (χ0v) is 21.3. The molecule has 6 nitrogen and oxygen atoms in total. The van der Waals surface area contributed by atoms with Crippen molar-refractivity contribution in [3.63, 3.8) is 0 Å². The number of aromatic nitrogens is 2. The number of carbonyl (C=O) groups excluding carboxylic acids is 1. The quantitative estimate of drug-likeness (QED) is 0.238. The first-order valence-electron chi connectivity index (χ1n) is 12.2. The summed E-state index contributed by atoms with van der Waals surface area (Å²) in [5.74, 6) is 0.307. The van der Waals surface area contributed by atoms with Gasteiger partial charge in [-0.2, -0.15) is 0 Å². The number of oxazole rings is 1. The van der Waals surface area contributed by atoms with Gasteiger partial charge >= 0.3 is 0 Å². The van der Waals surface area contributed by atoms with Gasteiger partial charge in [0.15, 0.2) is 5.69 Å². The van der Waals surface area contributed by atoms with E-state index in [-0.39, 0.29) is 11.9 Å². The van der Waals surface area contributed by atoms with Gasteiger partial charge in [-0.15, -0.1) is 11.3 Å². The Labute approximate surface area is 215 Å². The Bertz CT molecular complexity index is 1440. The van der Waals surface area contributed by atoms with Gasteiger partial charge in [-0.25, -0.2) is 4.98 Å². The number of benzene rings is 2. The second-order valence-corrected chi connectivity index (χ2v) is 10.1. The third-order valence-corrected chi connectivity index (χ3v) is 7.51. The molecular formula is C29H30N4O2S. The summed E-state index contributed by atoms with van der Waals surface area (Å²) in [6.07, 6.45) is 4.45. The summed E-state index contributed by atoms with van der Waals surface area (Å²) in [6, 6.07) is 20.3. The number of amides is 1. The van der Waals surface area contributed by atoms with Crippen LogP contribution in [0.15, 0.2) is 82.9 Å². The average Bonchev–Trinajstić information content (AvgIpc) is 3.64. The molecule has 1 amide bonds. The highest BCUT2D eigenvalue weighted by Crippen LogP contribution is 2.22. The van der Waals surface area contributed by atoms with Crippen LogP contribution in [0.1, 0.15) is 50.9 Å². The lowest BCUT2D eigenvalue weighted by Crippen LogP contribution is -2.27. The van der Waals surface area contributed by atoms with Gasteiger partial charge in [0.25, 0.3) is 5.91 Å². The normalized spacial score (nSPS) is 12.3. The molecule has 3 heterocycles. The summed E-state index contributed by atoms with van der Waals surface area (Å²) < 4.78 is 5.74. The molecule has 1 atom stereocenters. The van der Waals surface area contributed by atoms with E-state index in [9.17, 15) is 4.79 Å².